The standard InChI is InChI=1S/C17H18N4O2/c1-12-11-16(19-14-5-3-2-4-6-14)20-17(18-12)13-7-9-15(10-8-13)21(22)23/h2-3,7-11,14H,4-6H2,1H3,(H,18,19,20). The minimum Gasteiger partial charge on any atom is -0.367 e. The molecule has 1 heterocycles. The molecule has 0 aliphatic heterocycles. The van der Waals surface area contributed by atoms with Crippen LogP contribution < -0.4 is 5.32 Å². The van der Waals surface area contributed by atoms with Gasteiger partial charge >= 0.3 is 0 Å². The molecule has 0 radical (unpaired) electrons. The minimum absolute atomic E-state index is 0.0637. The number of hydrogen-bond acceptors (Lipinski definition) is 5. The molecule has 1 N–H and O–H groups in total. The van der Waals surface area contributed by atoms with E-state index in [-0.39, 0.29) is 5.69 Å². The fourth-order valence-electron chi connectivity index (χ4n) is 2.64. The van der Waals surface area contributed by atoms with Crippen LogP contribution in [0.5, 0.6) is 0 Å². The number of hydrogen-bond donors (Lipinski definition) is 1. The van der Waals surface area contributed by atoms with Gasteiger partial charge in [-0.1, -0.05) is 12.2 Å². The van der Waals surface area contributed by atoms with Gasteiger partial charge in [-0.25, -0.2) is 9.97 Å². The first-order valence-corrected chi connectivity index (χ1v) is 7.64. The van der Waals surface area contributed by atoms with Gasteiger partial charge < -0.3 is 5.32 Å². The number of aryl methyl sites for hydroxylation is 1. The molecule has 3 rings (SSSR count). The summed E-state index contributed by atoms with van der Waals surface area (Å²) in [4.78, 5) is 19.3. The predicted octanol–water partition coefficient (Wildman–Crippen LogP) is 3.88. The van der Waals surface area contributed by atoms with Gasteiger partial charge in [-0.15, -0.1) is 0 Å². The van der Waals surface area contributed by atoms with E-state index in [1.165, 1.54) is 12.1 Å². The van der Waals surface area contributed by atoms with E-state index in [1.54, 1.807) is 12.1 Å². The molecule has 118 valence electrons. The Morgan fingerprint density at radius 2 is 2.00 bits per heavy atom. The molecule has 0 bridgehead atoms. The van der Waals surface area contributed by atoms with Crippen molar-refractivity contribution in [2.24, 2.45) is 0 Å². The highest BCUT2D eigenvalue weighted by atomic mass is 16.6. The molecule has 2 aromatic rings. The van der Waals surface area contributed by atoms with Crippen molar-refractivity contribution in [3.05, 3.63) is 58.3 Å². The molecule has 1 aliphatic carbocycles. The van der Waals surface area contributed by atoms with Gasteiger partial charge in [0.1, 0.15) is 5.82 Å². The third-order valence-electron chi connectivity index (χ3n) is 3.81. The molecule has 0 saturated carbocycles. The van der Waals surface area contributed by atoms with Gasteiger partial charge in [0.2, 0.25) is 0 Å². The molecule has 0 spiro atoms. The van der Waals surface area contributed by atoms with Crippen molar-refractivity contribution in [2.45, 2.75) is 32.2 Å². The Labute approximate surface area is 134 Å². The van der Waals surface area contributed by atoms with Crippen molar-refractivity contribution in [1.29, 1.82) is 0 Å². The van der Waals surface area contributed by atoms with Gasteiger partial charge in [-0.3, -0.25) is 10.1 Å². The van der Waals surface area contributed by atoms with Crippen molar-refractivity contribution in [2.75, 3.05) is 5.32 Å². The average Bonchev–Trinajstić information content (AvgIpc) is 2.55. The Kier molecular flexibility index (Phi) is 4.32. The van der Waals surface area contributed by atoms with E-state index < -0.39 is 4.92 Å². The summed E-state index contributed by atoms with van der Waals surface area (Å²) in [5.74, 6) is 1.37. The monoisotopic (exact) mass is 310 g/mol. The van der Waals surface area contributed by atoms with E-state index >= 15 is 0 Å². The predicted molar refractivity (Wildman–Crippen MR) is 89.3 cm³/mol. The minimum atomic E-state index is -0.412. The zero-order valence-electron chi connectivity index (χ0n) is 12.9. The van der Waals surface area contributed by atoms with Crippen LogP contribution in [0, 0.1) is 17.0 Å². The summed E-state index contributed by atoms with van der Waals surface area (Å²) in [6, 6.07) is 8.62. The third-order valence-corrected chi connectivity index (χ3v) is 3.81. The molecule has 6 heteroatoms. The van der Waals surface area contributed by atoms with Crippen molar-refractivity contribution in [3.63, 3.8) is 0 Å². The fourth-order valence-corrected chi connectivity index (χ4v) is 2.64. The van der Waals surface area contributed by atoms with Crippen LogP contribution in [0.25, 0.3) is 11.4 Å². The molecular weight excluding hydrogens is 292 g/mol. The normalized spacial score (nSPS) is 17.0. The van der Waals surface area contributed by atoms with Crippen LogP contribution in [0.1, 0.15) is 25.0 Å². The summed E-state index contributed by atoms with van der Waals surface area (Å²) in [7, 11) is 0. The van der Waals surface area contributed by atoms with Gasteiger partial charge in [-0.2, -0.15) is 0 Å². The Bertz CT molecular complexity index is 741. The first kappa shape index (κ1) is 15.1. The second kappa shape index (κ2) is 6.56. The van der Waals surface area contributed by atoms with Gasteiger partial charge in [0, 0.05) is 35.5 Å². The van der Waals surface area contributed by atoms with E-state index in [9.17, 15) is 10.1 Å². The lowest BCUT2D eigenvalue weighted by atomic mass is 10.0. The molecule has 23 heavy (non-hydrogen) atoms. The molecule has 1 aromatic heterocycles. The second-order valence-electron chi connectivity index (χ2n) is 5.65. The zero-order valence-corrected chi connectivity index (χ0v) is 12.9. The lowest BCUT2D eigenvalue weighted by Gasteiger charge is -2.20. The number of rotatable bonds is 4. The Balaban J connectivity index is 1.84. The SMILES string of the molecule is Cc1cc(NC2CC=CCC2)nc(-c2ccc([N+](=O)[O-])cc2)n1. The lowest BCUT2D eigenvalue weighted by molar-refractivity contribution is -0.384. The number of nitrogens with one attached hydrogen (secondary N) is 1. The van der Waals surface area contributed by atoms with E-state index in [2.05, 4.69) is 27.4 Å². The molecule has 1 aliphatic rings. The summed E-state index contributed by atoms with van der Waals surface area (Å²) < 4.78 is 0. The topological polar surface area (TPSA) is 81.0 Å². The Morgan fingerprint density at radius 1 is 1.22 bits per heavy atom. The lowest BCUT2D eigenvalue weighted by Crippen LogP contribution is -2.21. The van der Waals surface area contributed by atoms with Gasteiger partial charge in [-0.05, 0) is 38.3 Å². The van der Waals surface area contributed by atoms with E-state index in [1.807, 2.05) is 13.0 Å². The van der Waals surface area contributed by atoms with Crippen LogP contribution in [0.15, 0.2) is 42.5 Å². The van der Waals surface area contributed by atoms with Gasteiger partial charge in [0.05, 0.1) is 4.92 Å². The molecule has 0 amide bonds. The van der Waals surface area contributed by atoms with Gasteiger partial charge in [0.25, 0.3) is 5.69 Å². The van der Waals surface area contributed by atoms with Crippen LogP contribution in [-0.4, -0.2) is 20.9 Å². The highest BCUT2D eigenvalue weighted by Gasteiger charge is 2.12. The summed E-state index contributed by atoms with van der Waals surface area (Å²) in [5.41, 5.74) is 1.70. The summed E-state index contributed by atoms with van der Waals surface area (Å²) in [6.07, 6.45) is 7.55. The number of non-ortho nitro benzene ring substituents is 1. The smallest absolute Gasteiger partial charge is 0.269 e. The molecule has 1 aromatic carbocycles. The number of aromatic nitrogens is 2. The molecule has 6 nitrogen and oxygen atoms in total. The van der Waals surface area contributed by atoms with Crippen LogP contribution in [-0.2, 0) is 0 Å². The second-order valence-corrected chi connectivity index (χ2v) is 5.65. The maximum Gasteiger partial charge on any atom is 0.269 e. The Morgan fingerprint density at radius 3 is 2.65 bits per heavy atom. The zero-order chi connectivity index (χ0) is 16.2. The number of nitro groups is 1. The number of benzene rings is 1. The van der Waals surface area contributed by atoms with Crippen molar-refractivity contribution in [1.82, 2.24) is 9.97 Å². The van der Waals surface area contributed by atoms with Crippen LogP contribution in [0.4, 0.5) is 11.5 Å². The molecule has 0 saturated heterocycles. The van der Waals surface area contributed by atoms with Crippen molar-refractivity contribution < 1.29 is 4.92 Å². The van der Waals surface area contributed by atoms with Gasteiger partial charge in [0.15, 0.2) is 5.82 Å². The summed E-state index contributed by atoms with van der Waals surface area (Å²) in [5, 5.41) is 14.2. The van der Waals surface area contributed by atoms with Crippen LogP contribution >= 0.6 is 0 Å². The van der Waals surface area contributed by atoms with E-state index in [0.717, 1.165) is 36.3 Å². The first-order chi connectivity index (χ1) is 11.1. The number of anilines is 1. The van der Waals surface area contributed by atoms with Crippen LogP contribution in [0.2, 0.25) is 0 Å². The molecule has 0 fully saturated rings. The third kappa shape index (κ3) is 3.71. The highest BCUT2D eigenvalue weighted by Crippen LogP contribution is 2.22. The number of allylic oxidation sites excluding steroid dienone is 1. The molecule has 1 atom stereocenters. The van der Waals surface area contributed by atoms with E-state index in [0.29, 0.717) is 11.9 Å². The van der Waals surface area contributed by atoms with Crippen molar-refractivity contribution >= 4 is 11.5 Å². The first-order valence-electron chi connectivity index (χ1n) is 7.64. The number of nitrogens with zero attached hydrogens (tertiary/aromatic N) is 3. The van der Waals surface area contributed by atoms with Crippen molar-refractivity contribution in [3.8, 4) is 11.4 Å². The maximum absolute atomic E-state index is 10.7. The average molecular weight is 310 g/mol. The Hall–Kier alpha value is -2.76. The molecular formula is C17H18N4O2. The summed E-state index contributed by atoms with van der Waals surface area (Å²) in [6.45, 7) is 1.92. The highest BCUT2D eigenvalue weighted by molar-refractivity contribution is 5.59. The number of nitro benzene ring substituents is 1. The molecule has 1 unspecified atom stereocenters. The fraction of sp³-hybridized carbons (Fsp3) is 0.294. The largest absolute Gasteiger partial charge is 0.367 e. The van der Waals surface area contributed by atoms with E-state index in [4.69, 9.17) is 0 Å². The maximum atomic E-state index is 10.7. The van der Waals surface area contributed by atoms with Crippen LogP contribution in [0.3, 0.4) is 0 Å². The quantitative estimate of drug-likeness (QED) is 0.526. The summed E-state index contributed by atoms with van der Waals surface area (Å²) >= 11 is 0.